The first-order valence-electron chi connectivity index (χ1n) is 5.34. The minimum Gasteiger partial charge on any atom is -0.465 e. The van der Waals surface area contributed by atoms with Crippen LogP contribution in [0.4, 0.5) is 0 Å². The van der Waals surface area contributed by atoms with Crippen LogP contribution in [0.25, 0.3) is 0 Å². The Morgan fingerprint density at radius 3 is 2.56 bits per heavy atom. The topological polar surface area (TPSA) is 21.6 Å². The summed E-state index contributed by atoms with van der Waals surface area (Å²) in [6.45, 7) is 4.08. The zero-order chi connectivity index (χ0) is 11.8. The van der Waals surface area contributed by atoms with Crippen molar-refractivity contribution in [2.75, 3.05) is 0 Å². The zero-order valence-corrected chi connectivity index (χ0v) is 10.8. The number of halogens is 2. The fourth-order valence-corrected chi connectivity index (χ4v) is 2.25. The molecule has 4 heteroatoms. The van der Waals surface area contributed by atoms with Gasteiger partial charge in [-0.1, -0.05) is 37.0 Å². The minimum atomic E-state index is -0.516. The van der Waals surface area contributed by atoms with Crippen molar-refractivity contribution in [1.29, 1.82) is 0 Å². The van der Waals surface area contributed by atoms with Crippen molar-refractivity contribution in [2.45, 2.75) is 32.4 Å². The molecule has 1 aromatic carbocycles. The molecule has 0 radical (unpaired) electrons. The Bertz CT molecular complexity index is 439. The van der Waals surface area contributed by atoms with E-state index in [0.717, 1.165) is 24.2 Å². The summed E-state index contributed by atoms with van der Waals surface area (Å²) in [5, 5.41) is 1.11. The molecule has 0 fully saturated rings. The summed E-state index contributed by atoms with van der Waals surface area (Å²) in [7, 11) is 0. The molecule has 0 unspecified atom stereocenters. The molecule has 16 heavy (non-hydrogen) atoms. The molecule has 0 spiro atoms. The summed E-state index contributed by atoms with van der Waals surface area (Å²) in [4.78, 5) is 4.43. The van der Waals surface area contributed by atoms with Crippen LogP contribution in [-0.2, 0) is 0 Å². The third-order valence-electron chi connectivity index (χ3n) is 2.87. The monoisotopic (exact) mass is 257 g/mol. The lowest BCUT2D eigenvalue weighted by Gasteiger charge is -2.33. The third-order valence-corrected chi connectivity index (χ3v) is 3.39. The summed E-state index contributed by atoms with van der Waals surface area (Å²) in [5.41, 5.74) is 0.254. The van der Waals surface area contributed by atoms with E-state index in [1.807, 2.05) is 19.9 Å². The number of rotatable bonds is 2. The van der Waals surface area contributed by atoms with E-state index in [0.29, 0.717) is 10.2 Å². The molecule has 0 aliphatic carbocycles. The van der Waals surface area contributed by atoms with E-state index in [-0.39, 0.29) is 0 Å². The normalized spacial score (nSPS) is 17.4. The average molecular weight is 258 g/mol. The second-order valence-electron chi connectivity index (χ2n) is 3.80. The SMILES string of the molecule is CCC1(CC)N=C(Cl)c2cc(Cl)ccc2O1. The van der Waals surface area contributed by atoms with E-state index in [2.05, 4.69) is 4.99 Å². The molecule has 0 saturated heterocycles. The van der Waals surface area contributed by atoms with Crippen LogP contribution in [0.1, 0.15) is 32.3 Å². The van der Waals surface area contributed by atoms with Crippen molar-refractivity contribution < 1.29 is 4.74 Å². The van der Waals surface area contributed by atoms with E-state index in [1.54, 1.807) is 12.1 Å². The maximum atomic E-state index is 6.17. The number of ether oxygens (including phenoxy) is 1. The number of fused-ring (bicyclic) bond motifs is 1. The molecule has 2 nitrogen and oxygen atoms in total. The predicted octanol–water partition coefficient (Wildman–Crippen LogP) is 4.23. The van der Waals surface area contributed by atoms with Crippen LogP contribution in [0.15, 0.2) is 23.2 Å². The molecule has 0 bridgehead atoms. The van der Waals surface area contributed by atoms with Gasteiger partial charge in [0.25, 0.3) is 0 Å². The van der Waals surface area contributed by atoms with E-state index in [1.165, 1.54) is 0 Å². The molecule has 0 aromatic heterocycles. The van der Waals surface area contributed by atoms with Crippen LogP contribution in [0.2, 0.25) is 5.02 Å². The molecule has 1 aliphatic rings. The van der Waals surface area contributed by atoms with Crippen molar-refractivity contribution in [2.24, 2.45) is 4.99 Å². The van der Waals surface area contributed by atoms with Gasteiger partial charge in [0.15, 0.2) is 0 Å². The van der Waals surface area contributed by atoms with Gasteiger partial charge in [-0.25, -0.2) is 4.99 Å². The Kier molecular flexibility index (Phi) is 3.13. The first-order chi connectivity index (χ1) is 7.60. The summed E-state index contributed by atoms with van der Waals surface area (Å²) in [5.74, 6) is 0.758. The lowest BCUT2D eigenvalue weighted by Crippen LogP contribution is -2.36. The maximum Gasteiger partial charge on any atom is 0.201 e. The molecule has 0 saturated carbocycles. The smallest absolute Gasteiger partial charge is 0.201 e. The second-order valence-corrected chi connectivity index (χ2v) is 4.59. The van der Waals surface area contributed by atoms with Gasteiger partial charge in [0.1, 0.15) is 10.9 Å². The van der Waals surface area contributed by atoms with Gasteiger partial charge in [0.2, 0.25) is 5.72 Å². The Morgan fingerprint density at radius 1 is 1.25 bits per heavy atom. The van der Waals surface area contributed by atoms with E-state index < -0.39 is 5.72 Å². The van der Waals surface area contributed by atoms with Crippen molar-refractivity contribution in [1.82, 2.24) is 0 Å². The number of nitrogens with zero attached hydrogens (tertiary/aromatic N) is 1. The van der Waals surface area contributed by atoms with Crippen molar-refractivity contribution >= 4 is 28.4 Å². The zero-order valence-electron chi connectivity index (χ0n) is 9.26. The van der Waals surface area contributed by atoms with Gasteiger partial charge in [0.05, 0.1) is 5.56 Å². The van der Waals surface area contributed by atoms with Gasteiger partial charge in [-0.3, -0.25) is 0 Å². The molecule has 86 valence electrons. The van der Waals surface area contributed by atoms with Crippen molar-refractivity contribution in [3.05, 3.63) is 28.8 Å². The first kappa shape index (κ1) is 11.7. The molecular formula is C12H13Cl2NO. The van der Waals surface area contributed by atoms with Crippen LogP contribution in [0, 0.1) is 0 Å². The Balaban J connectivity index is 2.50. The van der Waals surface area contributed by atoms with E-state index in [9.17, 15) is 0 Å². The van der Waals surface area contributed by atoms with Crippen LogP contribution in [-0.4, -0.2) is 10.9 Å². The number of hydrogen-bond acceptors (Lipinski definition) is 2. The standard InChI is InChI=1S/C12H13Cl2NO/c1-3-12(4-2)15-11(14)9-7-8(13)5-6-10(9)16-12/h5-7H,3-4H2,1-2H3. The van der Waals surface area contributed by atoms with Gasteiger partial charge in [0, 0.05) is 17.9 Å². The Labute approximate surface area is 105 Å². The molecule has 0 N–H and O–H groups in total. The molecule has 0 amide bonds. The molecule has 1 heterocycles. The molecule has 0 atom stereocenters. The van der Waals surface area contributed by atoms with Gasteiger partial charge >= 0.3 is 0 Å². The van der Waals surface area contributed by atoms with Crippen molar-refractivity contribution in [3.8, 4) is 5.75 Å². The van der Waals surface area contributed by atoms with Crippen LogP contribution >= 0.6 is 23.2 Å². The van der Waals surface area contributed by atoms with E-state index in [4.69, 9.17) is 27.9 Å². The summed E-state index contributed by atoms with van der Waals surface area (Å²) >= 11 is 12.1. The molecule has 2 rings (SSSR count). The van der Waals surface area contributed by atoms with E-state index >= 15 is 0 Å². The van der Waals surface area contributed by atoms with Crippen LogP contribution in [0.5, 0.6) is 5.75 Å². The highest BCUT2D eigenvalue weighted by Gasteiger charge is 2.33. The summed E-state index contributed by atoms with van der Waals surface area (Å²) in [6.07, 6.45) is 1.59. The largest absolute Gasteiger partial charge is 0.465 e. The Hall–Kier alpha value is -0.730. The lowest BCUT2D eigenvalue weighted by atomic mass is 10.1. The van der Waals surface area contributed by atoms with Crippen LogP contribution in [0.3, 0.4) is 0 Å². The fraction of sp³-hybridized carbons (Fsp3) is 0.417. The Morgan fingerprint density at radius 2 is 1.94 bits per heavy atom. The quantitative estimate of drug-likeness (QED) is 0.777. The minimum absolute atomic E-state index is 0.479. The average Bonchev–Trinajstić information content (AvgIpc) is 2.30. The van der Waals surface area contributed by atoms with Gasteiger partial charge in [-0.2, -0.15) is 0 Å². The van der Waals surface area contributed by atoms with Crippen LogP contribution < -0.4 is 4.74 Å². The highest BCUT2D eigenvalue weighted by atomic mass is 35.5. The predicted molar refractivity (Wildman–Crippen MR) is 67.8 cm³/mol. The van der Waals surface area contributed by atoms with Gasteiger partial charge in [-0.05, 0) is 18.2 Å². The maximum absolute atomic E-state index is 6.17. The number of hydrogen-bond donors (Lipinski definition) is 0. The first-order valence-corrected chi connectivity index (χ1v) is 6.10. The number of benzene rings is 1. The van der Waals surface area contributed by atoms with Gasteiger partial charge < -0.3 is 4.74 Å². The highest BCUT2D eigenvalue weighted by molar-refractivity contribution is 6.70. The molecule has 1 aliphatic heterocycles. The van der Waals surface area contributed by atoms with Gasteiger partial charge in [-0.15, -0.1) is 0 Å². The summed E-state index contributed by atoms with van der Waals surface area (Å²) in [6, 6.07) is 5.42. The number of aliphatic imine (C=N–C) groups is 1. The van der Waals surface area contributed by atoms with Crippen molar-refractivity contribution in [3.63, 3.8) is 0 Å². The lowest BCUT2D eigenvalue weighted by molar-refractivity contribution is 0.0663. The fourth-order valence-electron chi connectivity index (χ4n) is 1.77. The molecule has 1 aromatic rings. The summed E-state index contributed by atoms with van der Waals surface area (Å²) < 4.78 is 5.91. The third kappa shape index (κ3) is 1.92. The molecular weight excluding hydrogens is 245 g/mol. The second kappa shape index (κ2) is 4.27. The highest BCUT2D eigenvalue weighted by Crippen LogP contribution is 2.36.